The molecule has 1 heterocycles. The van der Waals surface area contributed by atoms with E-state index in [1.54, 1.807) is 0 Å². The molecule has 13 heavy (non-hydrogen) atoms. The fourth-order valence-electron chi connectivity index (χ4n) is 1.86. The van der Waals surface area contributed by atoms with Crippen molar-refractivity contribution in [2.45, 2.75) is 46.1 Å². The van der Waals surface area contributed by atoms with E-state index in [0.29, 0.717) is 12.6 Å². The first-order valence-corrected chi connectivity index (χ1v) is 5.59. The largest absolute Gasteiger partial charge is 0.395 e. The molecule has 80 valence electrons. The van der Waals surface area contributed by atoms with Crippen LogP contribution in [0.4, 0.5) is 0 Å². The van der Waals surface area contributed by atoms with Crippen molar-refractivity contribution in [1.29, 1.82) is 0 Å². The number of aliphatic hydroxyl groups excluding tert-OH is 1. The van der Waals surface area contributed by atoms with E-state index in [2.05, 4.69) is 18.9 Å². The Balaban J connectivity index is 0.000000671. The molecule has 2 nitrogen and oxygen atoms in total. The summed E-state index contributed by atoms with van der Waals surface area (Å²) in [6, 6.07) is 0.429. The van der Waals surface area contributed by atoms with E-state index in [0.717, 1.165) is 5.92 Å². The maximum atomic E-state index is 8.98. The Morgan fingerprint density at radius 2 is 1.92 bits per heavy atom. The van der Waals surface area contributed by atoms with Gasteiger partial charge >= 0.3 is 0 Å². The molecule has 0 radical (unpaired) electrons. The van der Waals surface area contributed by atoms with Crippen molar-refractivity contribution in [3.05, 3.63) is 0 Å². The van der Waals surface area contributed by atoms with Crippen molar-refractivity contribution in [3.8, 4) is 0 Å². The van der Waals surface area contributed by atoms with Crippen molar-refractivity contribution in [3.63, 3.8) is 0 Å². The third-order valence-corrected chi connectivity index (χ3v) is 2.87. The maximum Gasteiger partial charge on any atom is 0.0586 e. The molecule has 0 aromatic carbocycles. The predicted octanol–water partition coefficient (Wildman–Crippen LogP) is 2.13. The van der Waals surface area contributed by atoms with Gasteiger partial charge in [-0.25, -0.2) is 0 Å². The highest BCUT2D eigenvalue weighted by atomic mass is 16.3. The van der Waals surface area contributed by atoms with Crippen LogP contribution in [0.2, 0.25) is 0 Å². The summed E-state index contributed by atoms with van der Waals surface area (Å²) in [5.74, 6) is 0.864. The zero-order chi connectivity index (χ0) is 10.3. The van der Waals surface area contributed by atoms with Gasteiger partial charge in [0.05, 0.1) is 6.61 Å². The van der Waals surface area contributed by atoms with E-state index in [1.807, 2.05) is 13.8 Å². The third-order valence-electron chi connectivity index (χ3n) is 2.87. The van der Waals surface area contributed by atoms with E-state index < -0.39 is 0 Å². The zero-order valence-corrected chi connectivity index (χ0v) is 9.58. The van der Waals surface area contributed by atoms with Gasteiger partial charge in [-0.15, -0.1) is 0 Å². The van der Waals surface area contributed by atoms with Gasteiger partial charge in [0.25, 0.3) is 0 Å². The number of rotatable bonds is 2. The summed E-state index contributed by atoms with van der Waals surface area (Å²) in [5.41, 5.74) is 0. The minimum absolute atomic E-state index is 0.326. The van der Waals surface area contributed by atoms with E-state index in [9.17, 15) is 0 Å². The molecule has 1 aliphatic rings. The molecule has 2 unspecified atom stereocenters. The van der Waals surface area contributed by atoms with Gasteiger partial charge in [0.2, 0.25) is 0 Å². The van der Waals surface area contributed by atoms with Crippen LogP contribution >= 0.6 is 0 Å². The quantitative estimate of drug-likeness (QED) is 0.716. The van der Waals surface area contributed by atoms with Crippen LogP contribution in [-0.2, 0) is 0 Å². The van der Waals surface area contributed by atoms with Gasteiger partial charge in [-0.2, -0.15) is 0 Å². The first kappa shape index (κ1) is 12.9. The minimum Gasteiger partial charge on any atom is -0.395 e. The minimum atomic E-state index is 0.326. The van der Waals surface area contributed by atoms with Gasteiger partial charge in [0, 0.05) is 12.6 Å². The smallest absolute Gasteiger partial charge is 0.0586 e. The molecular formula is C11H25NO. The Morgan fingerprint density at radius 3 is 2.31 bits per heavy atom. The van der Waals surface area contributed by atoms with Gasteiger partial charge in [-0.05, 0) is 25.8 Å². The Morgan fingerprint density at radius 1 is 1.31 bits per heavy atom. The van der Waals surface area contributed by atoms with E-state index in [1.165, 1.54) is 25.8 Å². The molecule has 2 atom stereocenters. The molecule has 1 fully saturated rings. The van der Waals surface area contributed by atoms with Crippen LogP contribution in [0.3, 0.4) is 0 Å². The predicted molar refractivity (Wildman–Crippen MR) is 57.9 cm³/mol. The van der Waals surface area contributed by atoms with Crippen LogP contribution < -0.4 is 0 Å². The Hall–Kier alpha value is -0.0800. The number of aliphatic hydroxyl groups is 1. The second-order valence-corrected chi connectivity index (χ2v) is 3.63. The average Bonchev–Trinajstić information content (AvgIpc) is 2.20. The van der Waals surface area contributed by atoms with E-state index in [4.69, 9.17) is 5.11 Å². The SMILES string of the molecule is CC.CCC1CCC(CO)N(C)C1. The molecule has 1 aliphatic heterocycles. The normalized spacial score (nSPS) is 29.3. The lowest BCUT2D eigenvalue weighted by atomic mass is 9.92. The molecule has 0 bridgehead atoms. The summed E-state index contributed by atoms with van der Waals surface area (Å²) in [6.07, 6.45) is 3.75. The van der Waals surface area contributed by atoms with Crippen LogP contribution in [0.15, 0.2) is 0 Å². The average molecular weight is 187 g/mol. The van der Waals surface area contributed by atoms with Crippen molar-refractivity contribution < 1.29 is 5.11 Å². The first-order valence-electron chi connectivity index (χ1n) is 5.59. The summed E-state index contributed by atoms with van der Waals surface area (Å²) in [4.78, 5) is 2.29. The van der Waals surface area contributed by atoms with Crippen molar-refractivity contribution in [2.75, 3.05) is 20.2 Å². The molecule has 0 amide bonds. The molecule has 0 aliphatic carbocycles. The fourth-order valence-corrected chi connectivity index (χ4v) is 1.86. The fraction of sp³-hybridized carbons (Fsp3) is 1.00. The van der Waals surface area contributed by atoms with Gasteiger partial charge in [-0.1, -0.05) is 27.2 Å². The molecule has 0 spiro atoms. The molecule has 2 heteroatoms. The van der Waals surface area contributed by atoms with Crippen LogP contribution in [0, 0.1) is 5.92 Å². The summed E-state index contributed by atoms with van der Waals surface area (Å²) in [5, 5.41) is 8.98. The monoisotopic (exact) mass is 187 g/mol. The van der Waals surface area contributed by atoms with Crippen LogP contribution in [0.5, 0.6) is 0 Å². The number of hydrogen-bond donors (Lipinski definition) is 1. The summed E-state index contributed by atoms with van der Waals surface area (Å²) >= 11 is 0. The molecule has 0 saturated carbocycles. The summed E-state index contributed by atoms with van der Waals surface area (Å²) < 4.78 is 0. The lowest BCUT2D eigenvalue weighted by Crippen LogP contribution is -2.42. The first-order chi connectivity index (χ1) is 6.27. The van der Waals surface area contributed by atoms with Crippen molar-refractivity contribution in [2.24, 2.45) is 5.92 Å². The molecule has 0 aromatic heterocycles. The highest BCUT2D eigenvalue weighted by Crippen LogP contribution is 2.22. The maximum absolute atomic E-state index is 8.98. The molecule has 1 rings (SSSR count). The van der Waals surface area contributed by atoms with Crippen molar-refractivity contribution in [1.82, 2.24) is 4.90 Å². The number of hydrogen-bond acceptors (Lipinski definition) is 2. The molecule has 0 aromatic rings. The Labute approximate surface area is 82.9 Å². The second kappa shape index (κ2) is 7.34. The lowest BCUT2D eigenvalue weighted by Gasteiger charge is -2.35. The highest BCUT2D eigenvalue weighted by molar-refractivity contribution is 4.77. The van der Waals surface area contributed by atoms with Gasteiger partial charge in [-0.3, -0.25) is 0 Å². The molecule has 1 N–H and O–H groups in total. The van der Waals surface area contributed by atoms with E-state index >= 15 is 0 Å². The molecule has 1 saturated heterocycles. The van der Waals surface area contributed by atoms with Crippen molar-refractivity contribution >= 4 is 0 Å². The summed E-state index contributed by atoms with van der Waals surface area (Å²) in [6.45, 7) is 7.74. The molecular weight excluding hydrogens is 162 g/mol. The van der Waals surface area contributed by atoms with Crippen LogP contribution in [0.1, 0.15) is 40.0 Å². The second-order valence-electron chi connectivity index (χ2n) is 3.63. The summed E-state index contributed by atoms with van der Waals surface area (Å²) in [7, 11) is 2.11. The van der Waals surface area contributed by atoms with Crippen LogP contribution in [-0.4, -0.2) is 36.2 Å². The van der Waals surface area contributed by atoms with Crippen LogP contribution in [0.25, 0.3) is 0 Å². The number of likely N-dealkylation sites (tertiary alicyclic amines) is 1. The topological polar surface area (TPSA) is 23.5 Å². The van der Waals surface area contributed by atoms with E-state index in [-0.39, 0.29) is 0 Å². The number of nitrogens with zero attached hydrogens (tertiary/aromatic N) is 1. The van der Waals surface area contributed by atoms with Gasteiger partial charge in [0.15, 0.2) is 0 Å². The Kier molecular flexibility index (Phi) is 7.29. The number of piperidine rings is 1. The van der Waals surface area contributed by atoms with Gasteiger partial charge < -0.3 is 10.0 Å². The lowest BCUT2D eigenvalue weighted by molar-refractivity contribution is 0.0843. The number of likely N-dealkylation sites (N-methyl/N-ethyl adjacent to an activating group) is 1. The standard InChI is InChI=1S/C9H19NO.C2H6/c1-3-8-4-5-9(7-11)10(2)6-8;1-2/h8-9,11H,3-7H2,1-2H3;1-2H3. The third kappa shape index (κ3) is 4.10. The van der Waals surface area contributed by atoms with Gasteiger partial charge in [0.1, 0.15) is 0 Å². The zero-order valence-electron chi connectivity index (χ0n) is 9.58. The highest BCUT2D eigenvalue weighted by Gasteiger charge is 2.23. The Bertz CT molecular complexity index is 117.